The number of aromatic nitrogens is 1. The van der Waals surface area contributed by atoms with Crippen molar-refractivity contribution >= 4 is 5.78 Å². The van der Waals surface area contributed by atoms with E-state index < -0.39 is 0 Å². The van der Waals surface area contributed by atoms with Crippen molar-refractivity contribution in [1.82, 2.24) is 4.98 Å². The Morgan fingerprint density at radius 2 is 1.94 bits per heavy atom. The number of carbonyl (C=O) groups excluding carboxylic acids is 1. The van der Waals surface area contributed by atoms with Gasteiger partial charge in [0.2, 0.25) is 0 Å². The number of rotatable bonds is 4. The van der Waals surface area contributed by atoms with Crippen molar-refractivity contribution in [3.8, 4) is 0 Å². The topological polar surface area (TPSA) is 32.9 Å². The molecule has 2 rings (SSSR count). The van der Waals surface area contributed by atoms with Crippen molar-refractivity contribution in [1.29, 1.82) is 0 Å². The molecule has 82 valence electrons. The first-order valence-electron chi connectivity index (χ1n) is 5.47. The summed E-state index contributed by atoms with van der Waals surface area (Å²) in [4.78, 5) is 14.6. The molecule has 2 nitrogen and oxygen atoms in total. The number of benzene rings is 1. The van der Waals surface area contributed by atoms with Crippen molar-refractivity contribution in [3.63, 3.8) is 0 Å². The van der Waals surface area contributed by atoms with E-state index in [2.05, 4.69) is 36.2 Å². The lowest BCUT2D eigenvalue weighted by Gasteiger charge is -2.00. The second-order valence-electron chi connectivity index (χ2n) is 4.01. The molecule has 0 aliphatic heterocycles. The van der Waals surface area contributed by atoms with Gasteiger partial charge in [-0.25, -0.2) is 0 Å². The molecular weight excluding hydrogens is 198 g/mol. The van der Waals surface area contributed by atoms with E-state index in [9.17, 15) is 4.79 Å². The number of H-pyrrole nitrogens is 1. The Hall–Kier alpha value is -1.83. The molecule has 0 spiro atoms. The molecular formula is C14H15NO. The highest BCUT2D eigenvalue weighted by Gasteiger charge is 2.05. The first-order chi connectivity index (χ1) is 7.75. The van der Waals surface area contributed by atoms with Crippen molar-refractivity contribution in [2.75, 3.05) is 0 Å². The highest BCUT2D eigenvalue weighted by atomic mass is 16.1. The Morgan fingerprint density at radius 3 is 2.56 bits per heavy atom. The quantitative estimate of drug-likeness (QED) is 0.777. The van der Waals surface area contributed by atoms with E-state index in [1.54, 1.807) is 12.4 Å². The van der Waals surface area contributed by atoms with Crippen molar-refractivity contribution in [3.05, 3.63) is 59.4 Å². The maximum Gasteiger partial charge on any atom is 0.164 e. The van der Waals surface area contributed by atoms with Gasteiger partial charge in [0.05, 0.1) is 0 Å². The number of aryl methyl sites for hydroxylation is 2. The van der Waals surface area contributed by atoms with Crippen molar-refractivity contribution in [2.45, 2.75) is 19.8 Å². The van der Waals surface area contributed by atoms with Crippen LogP contribution in [0.2, 0.25) is 0 Å². The molecule has 0 fully saturated rings. The minimum Gasteiger partial charge on any atom is -0.367 e. The van der Waals surface area contributed by atoms with Gasteiger partial charge < -0.3 is 4.98 Å². The molecule has 0 saturated heterocycles. The minimum absolute atomic E-state index is 0.196. The highest BCUT2D eigenvalue weighted by Crippen LogP contribution is 2.09. The summed E-state index contributed by atoms with van der Waals surface area (Å²) < 4.78 is 0. The van der Waals surface area contributed by atoms with Crippen LogP contribution in [-0.4, -0.2) is 10.8 Å². The zero-order valence-corrected chi connectivity index (χ0v) is 9.36. The average molecular weight is 213 g/mol. The van der Waals surface area contributed by atoms with E-state index in [0.29, 0.717) is 6.42 Å². The van der Waals surface area contributed by atoms with Gasteiger partial charge >= 0.3 is 0 Å². The standard InChI is InChI=1S/C14H15NO/c1-11-2-4-12(5-3-11)6-7-14(16)13-8-9-15-10-13/h2-5,8-10,15H,6-7H2,1H3. The molecule has 2 aromatic rings. The van der Waals surface area contributed by atoms with E-state index in [0.717, 1.165) is 12.0 Å². The van der Waals surface area contributed by atoms with E-state index in [1.165, 1.54) is 11.1 Å². The van der Waals surface area contributed by atoms with E-state index in [1.807, 2.05) is 6.07 Å². The molecule has 2 heteroatoms. The number of Topliss-reactive ketones (excluding diaryl/α,β-unsaturated/α-hetero) is 1. The molecule has 0 unspecified atom stereocenters. The summed E-state index contributed by atoms with van der Waals surface area (Å²) >= 11 is 0. The minimum atomic E-state index is 0.196. The molecule has 0 saturated carbocycles. The SMILES string of the molecule is Cc1ccc(CCC(=O)c2cc[nH]c2)cc1. The third-order valence-corrected chi connectivity index (χ3v) is 2.68. The van der Waals surface area contributed by atoms with Crippen LogP contribution in [-0.2, 0) is 6.42 Å². The summed E-state index contributed by atoms with van der Waals surface area (Å²) in [5.41, 5.74) is 3.24. The normalized spacial score (nSPS) is 10.3. The van der Waals surface area contributed by atoms with Crippen LogP contribution < -0.4 is 0 Å². The van der Waals surface area contributed by atoms with Gasteiger partial charge in [-0.05, 0) is 25.0 Å². The smallest absolute Gasteiger partial charge is 0.164 e. The zero-order valence-electron chi connectivity index (χ0n) is 9.36. The van der Waals surface area contributed by atoms with Crippen LogP contribution in [0.15, 0.2) is 42.7 Å². The monoisotopic (exact) mass is 213 g/mol. The van der Waals surface area contributed by atoms with Crippen LogP contribution in [0.5, 0.6) is 0 Å². The fourth-order valence-corrected chi connectivity index (χ4v) is 1.65. The Balaban J connectivity index is 1.93. The summed E-state index contributed by atoms with van der Waals surface area (Å²) in [5.74, 6) is 0.196. The zero-order chi connectivity index (χ0) is 11.4. The van der Waals surface area contributed by atoms with Gasteiger partial charge in [-0.15, -0.1) is 0 Å². The van der Waals surface area contributed by atoms with Crippen molar-refractivity contribution < 1.29 is 4.79 Å². The number of carbonyl (C=O) groups is 1. The van der Waals surface area contributed by atoms with Crippen LogP contribution in [0, 0.1) is 6.92 Å². The Bertz CT molecular complexity index is 454. The van der Waals surface area contributed by atoms with E-state index in [-0.39, 0.29) is 5.78 Å². The van der Waals surface area contributed by atoms with Crippen LogP contribution in [0.25, 0.3) is 0 Å². The number of aromatic amines is 1. The number of nitrogens with one attached hydrogen (secondary N) is 1. The van der Waals surface area contributed by atoms with Crippen LogP contribution in [0.4, 0.5) is 0 Å². The first kappa shape index (κ1) is 10.7. The second-order valence-corrected chi connectivity index (χ2v) is 4.01. The van der Waals surface area contributed by atoms with Crippen molar-refractivity contribution in [2.24, 2.45) is 0 Å². The fraction of sp³-hybridized carbons (Fsp3) is 0.214. The Morgan fingerprint density at radius 1 is 1.19 bits per heavy atom. The number of hydrogen-bond donors (Lipinski definition) is 1. The predicted octanol–water partition coefficient (Wildman–Crippen LogP) is 3.14. The predicted molar refractivity (Wildman–Crippen MR) is 64.6 cm³/mol. The summed E-state index contributed by atoms with van der Waals surface area (Å²) in [6.07, 6.45) is 4.90. The third kappa shape index (κ3) is 2.60. The first-order valence-corrected chi connectivity index (χ1v) is 5.47. The van der Waals surface area contributed by atoms with E-state index >= 15 is 0 Å². The fourth-order valence-electron chi connectivity index (χ4n) is 1.65. The molecule has 1 aromatic carbocycles. The van der Waals surface area contributed by atoms with Crippen LogP contribution >= 0.6 is 0 Å². The van der Waals surface area contributed by atoms with Gasteiger partial charge in [0.15, 0.2) is 5.78 Å². The summed E-state index contributed by atoms with van der Waals surface area (Å²) in [6.45, 7) is 2.06. The van der Waals surface area contributed by atoms with Gasteiger partial charge in [0.1, 0.15) is 0 Å². The Kier molecular flexibility index (Phi) is 3.20. The lowest BCUT2D eigenvalue weighted by molar-refractivity contribution is 0.0983. The van der Waals surface area contributed by atoms with E-state index in [4.69, 9.17) is 0 Å². The molecule has 1 N–H and O–H groups in total. The van der Waals surface area contributed by atoms with Gasteiger partial charge in [-0.2, -0.15) is 0 Å². The van der Waals surface area contributed by atoms with Gasteiger partial charge in [-0.1, -0.05) is 29.8 Å². The molecule has 0 radical (unpaired) electrons. The molecule has 0 aliphatic carbocycles. The third-order valence-electron chi connectivity index (χ3n) is 2.68. The maximum absolute atomic E-state index is 11.7. The summed E-state index contributed by atoms with van der Waals surface area (Å²) in [6, 6.07) is 10.1. The molecule has 0 amide bonds. The molecule has 0 aliphatic rings. The highest BCUT2D eigenvalue weighted by molar-refractivity contribution is 5.95. The Labute approximate surface area is 95.3 Å². The van der Waals surface area contributed by atoms with Crippen LogP contribution in [0.3, 0.4) is 0 Å². The number of hydrogen-bond acceptors (Lipinski definition) is 1. The summed E-state index contributed by atoms with van der Waals surface area (Å²) in [5, 5.41) is 0. The largest absolute Gasteiger partial charge is 0.367 e. The molecule has 0 bridgehead atoms. The van der Waals surface area contributed by atoms with Crippen LogP contribution in [0.1, 0.15) is 27.9 Å². The summed E-state index contributed by atoms with van der Waals surface area (Å²) in [7, 11) is 0. The second kappa shape index (κ2) is 4.79. The maximum atomic E-state index is 11.7. The van der Waals surface area contributed by atoms with Gasteiger partial charge in [0, 0.05) is 24.4 Å². The molecule has 1 aromatic heterocycles. The molecule has 16 heavy (non-hydrogen) atoms. The lowest BCUT2D eigenvalue weighted by atomic mass is 10.0. The average Bonchev–Trinajstić information content (AvgIpc) is 2.81. The lowest BCUT2D eigenvalue weighted by Crippen LogP contribution is -1.99. The molecule has 1 heterocycles. The number of ketones is 1. The van der Waals surface area contributed by atoms with Gasteiger partial charge in [0.25, 0.3) is 0 Å². The van der Waals surface area contributed by atoms with Gasteiger partial charge in [-0.3, -0.25) is 4.79 Å². The molecule has 0 atom stereocenters.